The Morgan fingerprint density at radius 3 is 2.22 bits per heavy atom. The fourth-order valence-electron chi connectivity index (χ4n) is 7.56. The molecule has 2 amide bonds. The van der Waals surface area contributed by atoms with Crippen LogP contribution in [0.2, 0.25) is 0 Å². The number of benzene rings is 3. The number of nitriles is 1. The van der Waals surface area contributed by atoms with E-state index in [1.54, 1.807) is 17.0 Å². The first-order valence-electron chi connectivity index (χ1n) is 18.5. The van der Waals surface area contributed by atoms with E-state index >= 15 is 8.78 Å². The number of carbonyl (C=O) groups excluding carboxylic acids is 3. The van der Waals surface area contributed by atoms with Gasteiger partial charge in [0, 0.05) is 86.9 Å². The minimum absolute atomic E-state index is 0.0400. The molecular weight excluding hydrogens is 723 g/mol. The molecule has 3 aromatic rings. The van der Waals surface area contributed by atoms with Gasteiger partial charge in [-0.3, -0.25) is 24.6 Å². The van der Waals surface area contributed by atoms with Gasteiger partial charge in [-0.1, -0.05) is 0 Å². The highest BCUT2D eigenvalue weighted by Crippen LogP contribution is 2.38. The molecule has 3 aromatic carbocycles. The van der Waals surface area contributed by atoms with Gasteiger partial charge < -0.3 is 19.9 Å². The number of piperidine rings is 2. The lowest BCUT2D eigenvalue weighted by molar-refractivity contribution is -0.138. The Hall–Kier alpha value is -5.07. The van der Waals surface area contributed by atoms with Crippen molar-refractivity contribution in [2.24, 2.45) is 0 Å². The molecule has 55 heavy (non-hydrogen) atoms. The number of halogens is 5. The molecule has 1 atom stereocenters. The van der Waals surface area contributed by atoms with E-state index in [0.717, 1.165) is 68.8 Å². The number of imide groups is 1. The first-order chi connectivity index (χ1) is 26.4. The number of unbranched alkanes of at least 4 members (excludes halogenated alkanes) is 1. The van der Waals surface area contributed by atoms with Gasteiger partial charge in [-0.05, 0) is 86.5 Å². The van der Waals surface area contributed by atoms with Crippen LogP contribution in [0, 0.1) is 23.0 Å². The van der Waals surface area contributed by atoms with Crippen molar-refractivity contribution in [2.45, 2.75) is 63.2 Å². The lowest BCUT2D eigenvalue weighted by atomic mass is 9.88. The van der Waals surface area contributed by atoms with Crippen LogP contribution in [0.4, 0.5) is 33.3 Å². The van der Waals surface area contributed by atoms with Gasteiger partial charge in [0.1, 0.15) is 23.7 Å². The second-order valence-corrected chi connectivity index (χ2v) is 14.2. The zero-order chi connectivity index (χ0) is 39.1. The van der Waals surface area contributed by atoms with Gasteiger partial charge in [0.15, 0.2) is 0 Å². The van der Waals surface area contributed by atoms with E-state index in [1.165, 1.54) is 18.2 Å². The fourth-order valence-corrected chi connectivity index (χ4v) is 7.56. The second kappa shape index (κ2) is 17.6. The number of hydrogen-bond donors (Lipinski definition) is 2. The van der Waals surface area contributed by atoms with Gasteiger partial charge in [-0.25, -0.2) is 8.78 Å². The SMILES string of the molecule is N#Cc1ccc(N2CCC(c3c(F)cc(OCCCCN4CCN(c5ccc(C=O)c(CNC6CCC(=O)NC6=O)c5)CC4)cc3F)CC2)cc1C(F)(F)F. The molecular formula is C40H43F5N6O4. The molecule has 0 saturated carbocycles. The molecule has 0 spiro atoms. The summed E-state index contributed by atoms with van der Waals surface area (Å²) in [5, 5.41) is 14.6. The van der Waals surface area contributed by atoms with E-state index < -0.39 is 40.9 Å². The summed E-state index contributed by atoms with van der Waals surface area (Å²) in [7, 11) is 0. The highest BCUT2D eigenvalue weighted by atomic mass is 19.4. The number of rotatable bonds is 13. The fraction of sp³-hybridized carbons (Fsp3) is 0.450. The lowest BCUT2D eigenvalue weighted by Gasteiger charge is -2.36. The zero-order valence-electron chi connectivity index (χ0n) is 30.3. The molecule has 0 radical (unpaired) electrons. The van der Waals surface area contributed by atoms with Crippen molar-refractivity contribution >= 4 is 29.5 Å². The summed E-state index contributed by atoms with van der Waals surface area (Å²) < 4.78 is 76.5. The van der Waals surface area contributed by atoms with Crippen molar-refractivity contribution in [3.05, 3.63) is 88.0 Å². The Morgan fingerprint density at radius 2 is 1.56 bits per heavy atom. The topological polar surface area (TPSA) is 118 Å². The van der Waals surface area contributed by atoms with Crippen LogP contribution >= 0.6 is 0 Å². The van der Waals surface area contributed by atoms with Crippen LogP contribution in [0.1, 0.15) is 77.1 Å². The number of piperazine rings is 1. The summed E-state index contributed by atoms with van der Waals surface area (Å²) in [6.07, 6.45) is -0.981. The number of nitrogens with one attached hydrogen (secondary N) is 2. The smallest absolute Gasteiger partial charge is 0.417 e. The number of hydrogen-bond acceptors (Lipinski definition) is 9. The summed E-state index contributed by atoms with van der Waals surface area (Å²) in [4.78, 5) is 41.6. The molecule has 6 rings (SSSR count). The minimum atomic E-state index is -4.67. The highest BCUT2D eigenvalue weighted by Gasteiger charge is 2.35. The Kier molecular flexibility index (Phi) is 12.7. The third-order valence-electron chi connectivity index (χ3n) is 10.7. The minimum Gasteiger partial charge on any atom is -0.493 e. The van der Waals surface area contributed by atoms with Gasteiger partial charge in [-0.15, -0.1) is 0 Å². The largest absolute Gasteiger partial charge is 0.493 e. The van der Waals surface area contributed by atoms with Crippen LogP contribution < -0.4 is 25.2 Å². The van der Waals surface area contributed by atoms with E-state index in [0.29, 0.717) is 63.2 Å². The molecule has 3 aliphatic rings. The van der Waals surface area contributed by atoms with Gasteiger partial charge in [-0.2, -0.15) is 18.4 Å². The lowest BCUT2D eigenvalue weighted by Crippen LogP contribution is -2.50. The normalized spacial score (nSPS) is 18.6. The zero-order valence-corrected chi connectivity index (χ0v) is 30.3. The number of nitrogens with zero attached hydrogens (tertiary/aromatic N) is 4. The summed E-state index contributed by atoms with van der Waals surface area (Å²) in [5.41, 5.74) is 1.12. The number of carbonyl (C=O) groups is 3. The molecule has 2 N–H and O–H groups in total. The molecule has 3 fully saturated rings. The Labute approximate surface area is 316 Å². The van der Waals surface area contributed by atoms with Gasteiger partial charge in [0.05, 0.1) is 29.8 Å². The maximum atomic E-state index is 15.2. The Bertz CT molecular complexity index is 1900. The van der Waals surface area contributed by atoms with E-state index in [1.807, 2.05) is 12.1 Å². The second-order valence-electron chi connectivity index (χ2n) is 14.2. The molecule has 3 aliphatic heterocycles. The molecule has 10 nitrogen and oxygen atoms in total. The van der Waals surface area contributed by atoms with Gasteiger partial charge in [0.2, 0.25) is 11.8 Å². The first kappa shape index (κ1) is 39.6. The summed E-state index contributed by atoms with van der Waals surface area (Å²) >= 11 is 0. The van der Waals surface area contributed by atoms with Crippen LogP contribution in [0.3, 0.4) is 0 Å². The Morgan fingerprint density at radius 1 is 0.891 bits per heavy atom. The maximum Gasteiger partial charge on any atom is 0.417 e. The molecule has 0 aliphatic carbocycles. The summed E-state index contributed by atoms with van der Waals surface area (Å²) in [6.45, 7) is 5.30. The summed E-state index contributed by atoms with van der Waals surface area (Å²) in [6, 6.07) is 12.7. The molecule has 3 saturated heterocycles. The van der Waals surface area contributed by atoms with Crippen LogP contribution in [0.25, 0.3) is 0 Å². The van der Waals surface area contributed by atoms with Crippen molar-refractivity contribution in [3.8, 4) is 11.8 Å². The first-order valence-corrected chi connectivity index (χ1v) is 18.5. The molecule has 3 heterocycles. The number of ether oxygens (including phenoxy) is 1. The molecule has 1 unspecified atom stereocenters. The van der Waals surface area contributed by atoms with E-state index in [4.69, 9.17) is 10.00 Å². The predicted molar refractivity (Wildman–Crippen MR) is 195 cm³/mol. The quantitative estimate of drug-likeness (QED) is 0.0946. The average molecular weight is 767 g/mol. The monoisotopic (exact) mass is 766 g/mol. The number of alkyl halides is 3. The number of aldehydes is 1. The third kappa shape index (κ3) is 9.79. The summed E-state index contributed by atoms with van der Waals surface area (Å²) in [5.74, 6) is -2.38. The molecule has 15 heteroatoms. The average Bonchev–Trinajstić information content (AvgIpc) is 3.17. The van der Waals surface area contributed by atoms with Crippen LogP contribution in [0.5, 0.6) is 5.75 Å². The van der Waals surface area contributed by atoms with E-state index in [9.17, 15) is 27.6 Å². The van der Waals surface area contributed by atoms with Crippen molar-refractivity contribution < 1.29 is 41.1 Å². The van der Waals surface area contributed by atoms with Gasteiger partial charge in [0.25, 0.3) is 0 Å². The molecule has 0 aromatic heterocycles. The predicted octanol–water partition coefficient (Wildman–Crippen LogP) is 5.93. The molecule has 0 bridgehead atoms. The maximum absolute atomic E-state index is 15.2. The number of anilines is 2. The highest BCUT2D eigenvalue weighted by molar-refractivity contribution is 6.00. The van der Waals surface area contributed by atoms with Crippen molar-refractivity contribution in [3.63, 3.8) is 0 Å². The van der Waals surface area contributed by atoms with Crippen LogP contribution in [0.15, 0.2) is 48.5 Å². The van der Waals surface area contributed by atoms with Crippen molar-refractivity contribution in [1.29, 1.82) is 5.26 Å². The molecule has 292 valence electrons. The van der Waals surface area contributed by atoms with Crippen LogP contribution in [-0.2, 0) is 22.3 Å². The number of amides is 2. The van der Waals surface area contributed by atoms with Gasteiger partial charge >= 0.3 is 6.18 Å². The van der Waals surface area contributed by atoms with Crippen molar-refractivity contribution in [2.75, 3.05) is 62.2 Å². The third-order valence-corrected chi connectivity index (χ3v) is 10.7. The van der Waals surface area contributed by atoms with Crippen molar-refractivity contribution in [1.82, 2.24) is 15.5 Å². The van der Waals surface area contributed by atoms with E-state index in [-0.39, 0.29) is 29.5 Å². The van der Waals surface area contributed by atoms with E-state index in [2.05, 4.69) is 20.4 Å². The van der Waals surface area contributed by atoms with Crippen LogP contribution in [-0.4, -0.2) is 81.5 Å². The Balaban J connectivity index is 0.919. The standard InChI is InChI=1S/C40H43F5N6O4/c41-34-21-32(22-35(42)38(34)26-9-12-50(13-10-26)31-5-3-27(23-46)33(20-31)40(43,44)45)55-18-2-1-11-49-14-16-51(17-15-49)30-6-4-28(25-52)29(19-30)24-47-36-7-8-37(53)48-39(36)54/h3-6,19-22,25-26,36,47H,1-2,7-18,24H2,(H,48,53,54).